The normalized spacial score (nSPS) is 14.7. The maximum atomic E-state index is 11.5. The van der Waals surface area contributed by atoms with Crippen LogP contribution in [0.2, 0.25) is 0 Å². The largest absolute Gasteiger partial charge is 0.476 e. The number of aromatic nitrogens is 2. The number of hydrogen-bond donors (Lipinski definition) is 2. The molecule has 0 saturated carbocycles. The van der Waals surface area contributed by atoms with Crippen LogP contribution in [-0.2, 0) is 15.1 Å². The van der Waals surface area contributed by atoms with Gasteiger partial charge in [-0.25, -0.2) is 9.08 Å². The molecule has 10 nitrogen and oxygen atoms in total. The van der Waals surface area contributed by atoms with E-state index in [0.29, 0.717) is 10.5 Å². The van der Waals surface area contributed by atoms with Gasteiger partial charge in [-0.05, 0) is 29.5 Å². The first-order valence-corrected chi connectivity index (χ1v) is 8.04. The molecule has 1 saturated heterocycles. The zero-order valence-electron chi connectivity index (χ0n) is 11.9. The van der Waals surface area contributed by atoms with Gasteiger partial charge < -0.3 is 9.64 Å². The molecule has 0 aromatic carbocycles. The fourth-order valence-corrected chi connectivity index (χ4v) is 2.35. The minimum atomic E-state index is -4.76. The minimum Gasteiger partial charge on any atom is -0.438 e. The van der Waals surface area contributed by atoms with Crippen molar-refractivity contribution in [3.8, 4) is 0 Å². The second-order valence-corrected chi connectivity index (χ2v) is 5.48. The van der Waals surface area contributed by atoms with E-state index in [9.17, 15) is 13.2 Å². The quantitative estimate of drug-likeness (QED) is 0.560. The van der Waals surface area contributed by atoms with Crippen LogP contribution in [-0.4, -0.2) is 43.7 Å². The Morgan fingerprint density at radius 3 is 2.77 bits per heavy atom. The van der Waals surface area contributed by atoms with E-state index in [1.165, 1.54) is 12.3 Å². The third-order valence-electron chi connectivity index (χ3n) is 2.88. The monoisotopic (exact) mass is 333 g/mol. The number of amides is 1. The Labute approximate surface area is 127 Å². The Bertz CT molecular complexity index is 644. The van der Waals surface area contributed by atoms with Crippen molar-refractivity contribution in [3.05, 3.63) is 12.3 Å². The van der Waals surface area contributed by atoms with Crippen molar-refractivity contribution in [1.82, 2.24) is 4.98 Å². The Hall–Kier alpha value is -2.14. The molecule has 11 heteroatoms. The Kier molecular flexibility index (Phi) is 4.98. The summed E-state index contributed by atoms with van der Waals surface area (Å²) < 4.78 is 40.1. The molecule has 0 spiro atoms. The molecule has 22 heavy (non-hydrogen) atoms. The van der Waals surface area contributed by atoms with Crippen LogP contribution >= 0.6 is 0 Å². The van der Waals surface area contributed by atoms with Gasteiger partial charge in [0.15, 0.2) is 0 Å². The van der Waals surface area contributed by atoms with Gasteiger partial charge in [0.25, 0.3) is 0 Å². The first-order chi connectivity index (χ1) is 10.4. The number of nitrogens with one attached hydrogen (secondary N) is 1. The summed E-state index contributed by atoms with van der Waals surface area (Å²) in [6, 6.07) is 1.52. The molecule has 0 atom stereocenters. The SMILES string of the molecule is CCOC(=O)Nc1nc(N2CCCC2)cc[n+]1OS(=O)(=O)O. The predicted octanol–water partition coefficient (Wildman–Crippen LogP) is -0.231. The smallest absolute Gasteiger partial charge is 0.438 e. The van der Waals surface area contributed by atoms with Gasteiger partial charge in [0, 0.05) is 19.2 Å². The zero-order chi connectivity index (χ0) is 16.2. The summed E-state index contributed by atoms with van der Waals surface area (Å²) in [4.78, 5) is 17.6. The van der Waals surface area contributed by atoms with Gasteiger partial charge >= 0.3 is 22.4 Å². The van der Waals surface area contributed by atoms with E-state index < -0.39 is 16.5 Å². The van der Waals surface area contributed by atoms with Crippen molar-refractivity contribution < 1.29 is 31.5 Å². The van der Waals surface area contributed by atoms with Crippen molar-refractivity contribution in [3.63, 3.8) is 0 Å². The molecule has 2 rings (SSSR count). The van der Waals surface area contributed by atoms with Crippen molar-refractivity contribution >= 4 is 28.3 Å². The standard InChI is InChI=1S/C11H16N4O6S/c1-2-20-11(16)13-10-12-9(14-6-3-4-7-14)5-8-15(10)21-22(17,18)19/h5,8H,2-4,6-7H2,1H3,(H,17,18,19)/p+1. The number of anilines is 2. The predicted molar refractivity (Wildman–Crippen MR) is 74.7 cm³/mol. The Morgan fingerprint density at radius 2 is 2.18 bits per heavy atom. The van der Waals surface area contributed by atoms with Gasteiger partial charge in [-0.1, -0.05) is 0 Å². The lowest BCUT2D eigenvalue weighted by Crippen LogP contribution is -2.49. The molecule has 1 aliphatic heterocycles. The molecular formula is C11H17N4O6S+. The van der Waals surface area contributed by atoms with Gasteiger partial charge in [-0.3, -0.25) is 4.55 Å². The summed E-state index contributed by atoms with van der Waals surface area (Å²) in [7, 11) is -4.76. The number of ether oxygens (including phenoxy) is 1. The lowest BCUT2D eigenvalue weighted by Gasteiger charge is -2.13. The Morgan fingerprint density at radius 1 is 1.50 bits per heavy atom. The summed E-state index contributed by atoms with van der Waals surface area (Å²) in [5, 5.41) is 2.26. The molecule has 0 radical (unpaired) electrons. The van der Waals surface area contributed by atoms with E-state index in [1.54, 1.807) is 6.92 Å². The average molecular weight is 333 g/mol. The van der Waals surface area contributed by atoms with E-state index in [0.717, 1.165) is 25.9 Å². The summed E-state index contributed by atoms with van der Waals surface area (Å²) in [6.07, 6.45) is 2.47. The number of carbonyl (C=O) groups is 1. The maximum absolute atomic E-state index is 11.5. The van der Waals surface area contributed by atoms with E-state index >= 15 is 0 Å². The van der Waals surface area contributed by atoms with Crippen molar-refractivity contribution in [2.75, 3.05) is 29.9 Å². The van der Waals surface area contributed by atoms with Crippen LogP contribution in [0.4, 0.5) is 16.6 Å². The summed E-state index contributed by atoms with van der Waals surface area (Å²) in [5.74, 6) is 0.333. The Balaban J connectivity index is 2.29. The van der Waals surface area contributed by atoms with Crippen LogP contribution in [0.3, 0.4) is 0 Å². The van der Waals surface area contributed by atoms with E-state index in [2.05, 4.69) is 14.6 Å². The third-order valence-corrected chi connectivity index (χ3v) is 3.23. The first kappa shape index (κ1) is 16.2. The summed E-state index contributed by atoms with van der Waals surface area (Å²) >= 11 is 0. The maximum Gasteiger partial charge on any atom is 0.476 e. The van der Waals surface area contributed by atoms with Gasteiger partial charge in [-0.15, -0.1) is 0 Å². The number of rotatable bonds is 5. The molecule has 1 aromatic heterocycles. The van der Waals surface area contributed by atoms with Gasteiger partial charge in [0.05, 0.1) is 6.61 Å². The van der Waals surface area contributed by atoms with Crippen LogP contribution in [0.15, 0.2) is 12.3 Å². The molecule has 0 bridgehead atoms. The third kappa shape index (κ3) is 4.43. The summed E-state index contributed by atoms with van der Waals surface area (Å²) in [6.45, 7) is 3.39. The fraction of sp³-hybridized carbons (Fsp3) is 0.545. The van der Waals surface area contributed by atoms with Crippen LogP contribution < -0.4 is 19.2 Å². The van der Waals surface area contributed by atoms with E-state index in [4.69, 9.17) is 9.29 Å². The van der Waals surface area contributed by atoms with Crippen molar-refractivity contribution in [1.29, 1.82) is 0 Å². The molecule has 1 fully saturated rings. The summed E-state index contributed by atoms with van der Waals surface area (Å²) in [5.41, 5.74) is 0. The average Bonchev–Trinajstić information content (AvgIpc) is 2.93. The van der Waals surface area contributed by atoms with Crippen LogP contribution in [0, 0.1) is 0 Å². The molecule has 1 aliphatic rings. The number of hydrogen-bond acceptors (Lipinski definition) is 7. The lowest BCUT2D eigenvalue weighted by atomic mass is 10.4. The number of nitrogens with zero attached hydrogens (tertiary/aromatic N) is 3. The second kappa shape index (κ2) is 6.75. The first-order valence-electron chi connectivity index (χ1n) is 6.68. The highest BCUT2D eigenvalue weighted by Gasteiger charge is 2.26. The molecule has 2 heterocycles. The molecule has 122 valence electrons. The highest BCUT2D eigenvalue weighted by atomic mass is 32.3. The van der Waals surface area contributed by atoms with Gasteiger partial charge in [-0.2, -0.15) is 13.7 Å². The molecule has 1 amide bonds. The van der Waals surface area contributed by atoms with Crippen LogP contribution in [0.5, 0.6) is 0 Å². The zero-order valence-corrected chi connectivity index (χ0v) is 12.7. The van der Waals surface area contributed by atoms with Crippen molar-refractivity contribution in [2.45, 2.75) is 19.8 Å². The molecule has 1 aromatic rings. The van der Waals surface area contributed by atoms with E-state index in [1.807, 2.05) is 4.90 Å². The molecule has 2 N–H and O–H groups in total. The van der Waals surface area contributed by atoms with Gasteiger partial charge in [0.2, 0.25) is 5.82 Å². The van der Waals surface area contributed by atoms with Crippen LogP contribution in [0.1, 0.15) is 19.8 Å². The highest BCUT2D eigenvalue weighted by Crippen LogP contribution is 2.17. The highest BCUT2D eigenvalue weighted by molar-refractivity contribution is 7.80. The van der Waals surface area contributed by atoms with Crippen molar-refractivity contribution in [2.24, 2.45) is 0 Å². The molecule has 0 unspecified atom stereocenters. The van der Waals surface area contributed by atoms with Crippen LogP contribution in [0.25, 0.3) is 0 Å². The topological polar surface area (TPSA) is 122 Å². The fourth-order valence-electron chi connectivity index (χ4n) is 2.03. The molecule has 0 aliphatic carbocycles. The van der Waals surface area contributed by atoms with E-state index in [-0.39, 0.29) is 12.6 Å². The minimum absolute atomic E-state index is 0.136. The number of carbonyl (C=O) groups excluding carboxylic acids is 1. The molecular weight excluding hydrogens is 316 g/mol. The lowest BCUT2D eigenvalue weighted by molar-refractivity contribution is -0.847. The second-order valence-electron chi connectivity index (χ2n) is 4.48. The van der Waals surface area contributed by atoms with Gasteiger partial charge in [0.1, 0.15) is 6.20 Å².